The SMILES string of the molecule is O=C(c1ccc(N2CCCCCC2)nn1)N1CCc2ccccc21. The van der Waals surface area contributed by atoms with Crippen molar-refractivity contribution in [2.45, 2.75) is 32.1 Å². The topological polar surface area (TPSA) is 49.3 Å². The quantitative estimate of drug-likeness (QED) is 0.852. The van der Waals surface area contributed by atoms with E-state index in [9.17, 15) is 4.79 Å². The molecule has 1 fully saturated rings. The van der Waals surface area contributed by atoms with Crippen LogP contribution in [0.1, 0.15) is 41.7 Å². The zero-order valence-electron chi connectivity index (χ0n) is 13.8. The Kier molecular flexibility index (Phi) is 4.15. The van der Waals surface area contributed by atoms with E-state index in [0.29, 0.717) is 12.2 Å². The molecule has 3 heterocycles. The van der Waals surface area contributed by atoms with E-state index in [0.717, 1.165) is 31.0 Å². The summed E-state index contributed by atoms with van der Waals surface area (Å²) in [5.74, 6) is 0.824. The van der Waals surface area contributed by atoms with Gasteiger partial charge in [-0.1, -0.05) is 31.0 Å². The van der Waals surface area contributed by atoms with Gasteiger partial charge in [0.1, 0.15) is 0 Å². The van der Waals surface area contributed by atoms with E-state index in [1.807, 2.05) is 35.2 Å². The van der Waals surface area contributed by atoms with Crippen molar-refractivity contribution in [3.63, 3.8) is 0 Å². The van der Waals surface area contributed by atoms with E-state index in [-0.39, 0.29) is 5.91 Å². The lowest BCUT2D eigenvalue weighted by atomic mass is 10.2. The summed E-state index contributed by atoms with van der Waals surface area (Å²) >= 11 is 0. The molecule has 0 unspecified atom stereocenters. The number of carbonyl (C=O) groups is 1. The number of nitrogens with zero attached hydrogens (tertiary/aromatic N) is 4. The van der Waals surface area contributed by atoms with Crippen LogP contribution in [0, 0.1) is 0 Å². The number of fused-ring (bicyclic) bond motifs is 1. The monoisotopic (exact) mass is 322 g/mol. The van der Waals surface area contributed by atoms with E-state index in [2.05, 4.69) is 21.2 Å². The molecule has 5 nitrogen and oxygen atoms in total. The molecule has 1 amide bonds. The first-order valence-corrected chi connectivity index (χ1v) is 8.81. The molecule has 124 valence electrons. The Balaban J connectivity index is 1.52. The summed E-state index contributed by atoms with van der Waals surface area (Å²) in [5.41, 5.74) is 2.64. The van der Waals surface area contributed by atoms with Crippen LogP contribution < -0.4 is 9.80 Å². The van der Waals surface area contributed by atoms with Gasteiger partial charge in [0.15, 0.2) is 11.5 Å². The molecule has 5 heteroatoms. The lowest BCUT2D eigenvalue weighted by molar-refractivity contribution is 0.0983. The largest absolute Gasteiger partial charge is 0.355 e. The minimum absolute atomic E-state index is 0.0603. The average Bonchev–Trinajstić information content (AvgIpc) is 2.87. The molecule has 1 saturated heterocycles. The molecule has 24 heavy (non-hydrogen) atoms. The Bertz CT molecular complexity index is 720. The van der Waals surface area contributed by atoms with Crippen LogP contribution in [-0.4, -0.2) is 35.7 Å². The van der Waals surface area contributed by atoms with Crippen LogP contribution in [0.2, 0.25) is 0 Å². The second kappa shape index (κ2) is 6.59. The molecule has 4 rings (SSSR count). The second-order valence-electron chi connectivity index (χ2n) is 6.51. The predicted octanol–water partition coefficient (Wildman–Crippen LogP) is 3.06. The number of anilines is 2. The molecule has 0 spiro atoms. The van der Waals surface area contributed by atoms with Crippen molar-refractivity contribution < 1.29 is 4.79 Å². The van der Waals surface area contributed by atoms with Crippen molar-refractivity contribution in [1.82, 2.24) is 10.2 Å². The van der Waals surface area contributed by atoms with Gasteiger partial charge in [0.25, 0.3) is 5.91 Å². The summed E-state index contributed by atoms with van der Waals surface area (Å²) in [4.78, 5) is 16.8. The van der Waals surface area contributed by atoms with Gasteiger partial charge in [-0.15, -0.1) is 10.2 Å². The minimum Gasteiger partial charge on any atom is -0.355 e. The smallest absolute Gasteiger partial charge is 0.278 e. The number of carbonyl (C=O) groups excluding carboxylic acids is 1. The van der Waals surface area contributed by atoms with Gasteiger partial charge in [0, 0.05) is 25.3 Å². The summed E-state index contributed by atoms with van der Waals surface area (Å²) in [7, 11) is 0. The molecule has 0 bridgehead atoms. The van der Waals surface area contributed by atoms with Gasteiger partial charge in [-0.3, -0.25) is 4.79 Å². The third-order valence-corrected chi connectivity index (χ3v) is 4.93. The third kappa shape index (κ3) is 2.86. The number of para-hydroxylation sites is 1. The number of rotatable bonds is 2. The first-order valence-electron chi connectivity index (χ1n) is 8.81. The standard InChI is InChI=1S/C19H22N4O/c24-19(23-14-11-15-7-3-4-8-17(15)23)16-9-10-18(21-20-16)22-12-5-1-2-6-13-22/h3-4,7-10H,1-2,5-6,11-14H2. The molecule has 0 N–H and O–H groups in total. The highest BCUT2D eigenvalue weighted by Gasteiger charge is 2.26. The Labute approximate surface area is 142 Å². The molecular formula is C19H22N4O. The van der Waals surface area contributed by atoms with Gasteiger partial charge in [0.05, 0.1) is 0 Å². The van der Waals surface area contributed by atoms with E-state index < -0.39 is 0 Å². The van der Waals surface area contributed by atoms with Crippen molar-refractivity contribution in [1.29, 1.82) is 0 Å². The third-order valence-electron chi connectivity index (χ3n) is 4.93. The van der Waals surface area contributed by atoms with Crippen LogP contribution >= 0.6 is 0 Å². The maximum absolute atomic E-state index is 12.8. The number of amides is 1. The number of hydrogen-bond donors (Lipinski definition) is 0. The molecule has 0 atom stereocenters. The van der Waals surface area contributed by atoms with Gasteiger partial charge >= 0.3 is 0 Å². The fourth-order valence-corrected chi connectivity index (χ4v) is 3.60. The Morgan fingerprint density at radius 3 is 2.42 bits per heavy atom. The first kappa shape index (κ1) is 15.1. The summed E-state index contributed by atoms with van der Waals surface area (Å²) in [6, 6.07) is 11.8. The van der Waals surface area contributed by atoms with Crippen molar-refractivity contribution in [3.8, 4) is 0 Å². The van der Waals surface area contributed by atoms with Gasteiger partial charge in [-0.25, -0.2) is 0 Å². The molecule has 2 aromatic rings. The molecule has 0 aliphatic carbocycles. The molecular weight excluding hydrogens is 300 g/mol. The highest BCUT2D eigenvalue weighted by Crippen LogP contribution is 2.28. The molecule has 1 aromatic heterocycles. The minimum atomic E-state index is -0.0603. The van der Waals surface area contributed by atoms with Crippen molar-refractivity contribution >= 4 is 17.4 Å². The van der Waals surface area contributed by atoms with Crippen LogP contribution in [0.25, 0.3) is 0 Å². The molecule has 0 saturated carbocycles. The maximum Gasteiger partial charge on any atom is 0.278 e. The maximum atomic E-state index is 12.8. The number of hydrogen-bond acceptors (Lipinski definition) is 4. The van der Waals surface area contributed by atoms with Crippen LogP contribution in [0.4, 0.5) is 11.5 Å². The summed E-state index contributed by atoms with van der Waals surface area (Å²) in [6.07, 6.45) is 5.88. The van der Waals surface area contributed by atoms with Gasteiger partial charge in [-0.05, 0) is 43.0 Å². The summed E-state index contributed by atoms with van der Waals surface area (Å²) in [5, 5.41) is 8.54. The summed E-state index contributed by atoms with van der Waals surface area (Å²) in [6.45, 7) is 2.77. The van der Waals surface area contributed by atoms with Gasteiger partial charge in [0.2, 0.25) is 0 Å². The Hall–Kier alpha value is -2.43. The number of aromatic nitrogens is 2. The molecule has 2 aliphatic rings. The summed E-state index contributed by atoms with van der Waals surface area (Å²) < 4.78 is 0. The van der Waals surface area contributed by atoms with Gasteiger partial charge in [-0.2, -0.15) is 0 Å². The highest BCUT2D eigenvalue weighted by atomic mass is 16.2. The van der Waals surface area contributed by atoms with E-state index in [4.69, 9.17) is 0 Å². The molecule has 2 aliphatic heterocycles. The van der Waals surface area contributed by atoms with Crippen molar-refractivity contribution in [3.05, 3.63) is 47.7 Å². The van der Waals surface area contributed by atoms with Gasteiger partial charge < -0.3 is 9.80 Å². The van der Waals surface area contributed by atoms with Crippen LogP contribution in [0.3, 0.4) is 0 Å². The van der Waals surface area contributed by atoms with E-state index >= 15 is 0 Å². The lowest BCUT2D eigenvalue weighted by Gasteiger charge is -2.21. The lowest BCUT2D eigenvalue weighted by Crippen LogP contribution is -2.30. The normalized spacial score (nSPS) is 17.5. The average molecular weight is 322 g/mol. The fraction of sp³-hybridized carbons (Fsp3) is 0.421. The van der Waals surface area contributed by atoms with E-state index in [1.165, 1.54) is 31.2 Å². The fourth-order valence-electron chi connectivity index (χ4n) is 3.60. The zero-order valence-corrected chi connectivity index (χ0v) is 13.8. The highest BCUT2D eigenvalue weighted by molar-refractivity contribution is 6.06. The number of benzene rings is 1. The zero-order chi connectivity index (χ0) is 16.4. The van der Waals surface area contributed by atoms with Crippen LogP contribution in [0.5, 0.6) is 0 Å². The molecule has 0 radical (unpaired) electrons. The van der Waals surface area contributed by atoms with Crippen molar-refractivity contribution in [2.75, 3.05) is 29.4 Å². The Morgan fingerprint density at radius 2 is 1.67 bits per heavy atom. The first-order chi connectivity index (χ1) is 11.8. The Morgan fingerprint density at radius 1 is 0.875 bits per heavy atom. The van der Waals surface area contributed by atoms with Crippen molar-refractivity contribution in [2.24, 2.45) is 0 Å². The molecule has 1 aromatic carbocycles. The predicted molar refractivity (Wildman–Crippen MR) is 94.5 cm³/mol. The van der Waals surface area contributed by atoms with Crippen LogP contribution in [-0.2, 0) is 6.42 Å². The van der Waals surface area contributed by atoms with E-state index in [1.54, 1.807) is 0 Å². The van der Waals surface area contributed by atoms with Crippen LogP contribution in [0.15, 0.2) is 36.4 Å². The second-order valence-corrected chi connectivity index (χ2v) is 6.51.